The van der Waals surface area contributed by atoms with Crippen molar-refractivity contribution in [2.24, 2.45) is 5.73 Å². The minimum atomic E-state index is -0.399. The molecule has 3 aromatic rings. The second-order valence-corrected chi connectivity index (χ2v) is 9.34. The molecule has 1 aliphatic heterocycles. The van der Waals surface area contributed by atoms with Crippen molar-refractivity contribution in [3.8, 4) is 11.3 Å². The molecule has 4 rings (SSSR count). The number of carbonyl (C=O) groups excluding carboxylic acids is 1. The quantitative estimate of drug-likeness (QED) is 0.539. The van der Waals surface area contributed by atoms with E-state index in [1.165, 1.54) is 11.8 Å². The summed E-state index contributed by atoms with van der Waals surface area (Å²) in [6, 6.07) is 8.75. The Kier molecular flexibility index (Phi) is 5.47. The molecule has 0 aliphatic carbocycles. The van der Waals surface area contributed by atoms with Crippen molar-refractivity contribution in [2.75, 3.05) is 10.6 Å². The lowest BCUT2D eigenvalue weighted by molar-refractivity contribution is 0.262. The molecule has 0 saturated carbocycles. The molecule has 1 atom stereocenters. The number of aromatic nitrogens is 3. The van der Waals surface area contributed by atoms with Crippen LogP contribution in [0.2, 0.25) is 0 Å². The average molecular weight is 437 g/mol. The van der Waals surface area contributed by atoms with Crippen molar-refractivity contribution in [3.63, 3.8) is 0 Å². The van der Waals surface area contributed by atoms with Crippen molar-refractivity contribution < 1.29 is 9.32 Å². The van der Waals surface area contributed by atoms with Gasteiger partial charge in [-0.3, -0.25) is 9.88 Å². The number of allylic oxidation sites excluding steroid dienone is 2. The molecule has 2 aromatic heterocycles. The van der Waals surface area contributed by atoms with Gasteiger partial charge in [-0.1, -0.05) is 62.5 Å². The Hall–Kier alpha value is -3.30. The van der Waals surface area contributed by atoms with Gasteiger partial charge in [-0.05, 0) is 18.2 Å². The molecule has 160 valence electrons. The average Bonchev–Trinajstić information content (AvgIpc) is 3.31. The highest BCUT2D eigenvalue weighted by molar-refractivity contribution is 7.99. The molecule has 0 bridgehead atoms. The van der Waals surface area contributed by atoms with Gasteiger partial charge in [-0.2, -0.15) is 0 Å². The summed E-state index contributed by atoms with van der Waals surface area (Å²) in [5.41, 5.74) is 9.03. The van der Waals surface area contributed by atoms with Crippen molar-refractivity contribution in [3.05, 3.63) is 61.0 Å². The van der Waals surface area contributed by atoms with Gasteiger partial charge in [0.1, 0.15) is 5.76 Å². The standard InChI is InChI=1S/C22H24N6O2S/c1-13-5-10-18(23)31-21-25-16(12-28(13)21)14-6-8-15(9-7-14)24-20(29)26-19-11-17(30-27-19)22(2,3)4/h5-12,18H,1,23H2,2-4H3,(H2,24,26,27,29). The predicted octanol–water partition coefficient (Wildman–Crippen LogP) is 4.90. The molecule has 4 N–H and O–H groups in total. The summed E-state index contributed by atoms with van der Waals surface area (Å²) in [5, 5.41) is 9.98. The summed E-state index contributed by atoms with van der Waals surface area (Å²) in [7, 11) is 0. The van der Waals surface area contributed by atoms with Crippen LogP contribution in [-0.4, -0.2) is 26.1 Å². The van der Waals surface area contributed by atoms with Crippen LogP contribution in [0.15, 0.2) is 64.9 Å². The summed E-state index contributed by atoms with van der Waals surface area (Å²) in [4.78, 5) is 17.0. The summed E-state index contributed by atoms with van der Waals surface area (Å²) >= 11 is 1.47. The summed E-state index contributed by atoms with van der Waals surface area (Å²) < 4.78 is 7.20. The van der Waals surface area contributed by atoms with Crippen LogP contribution >= 0.6 is 11.8 Å². The highest BCUT2D eigenvalue weighted by Crippen LogP contribution is 2.31. The van der Waals surface area contributed by atoms with Crippen molar-refractivity contribution in [1.82, 2.24) is 14.7 Å². The fraction of sp³-hybridized carbons (Fsp3) is 0.227. The van der Waals surface area contributed by atoms with Crippen LogP contribution in [0.25, 0.3) is 17.0 Å². The third-order valence-electron chi connectivity index (χ3n) is 4.63. The zero-order valence-corrected chi connectivity index (χ0v) is 18.4. The Balaban J connectivity index is 1.43. The van der Waals surface area contributed by atoms with Crippen molar-refractivity contribution in [2.45, 2.75) is 36.7 Å². The van der Waals surface area contributed by atoms with Crippen LogP contribution < -0.4 is 16.4 Å². The van der Waals surface area contributed by atoms with Gasteiger partial charge in [0.2, 0.25) is 0 Å². The zero-order chi connectivity index (χ0) is 22.2. The lowest BCUT2D eigenvalue weighted by Crippen LogP contribution is -2.19. The highest BCUT2D eigenvalue weighted by Gasteiger charge is 2.20. The second-order valence-electron chi connectivity index (χ2n) is 8.19. The molecular weight excluding hydrogens is 412 g/mol. The normalized spacial score (nSPS) is 16.0. The van der Waals surface area contributed by atoms with E-state index in [1.54, 1.807) is 6.07 Å². The fourth-order valence-corrected chi connectivity index (χ4v) is 3.76. The third-order valence-corrected chi connectivity index (χ3v) is 5.56. The van der Waals surface area contributed by atoms with E-state index in [9.17, 15) is 4.79 Å². The van der Waals surface area contributed by atoms with Crippen LogP contribution in [0.1, 0.15) is 26.5 Å². The molecule has 0 spiro atoms. The Bertz CT molecular complexity index is 1150. The van der Waals surface area contributed by atoms with E-state index in [-0.39, 0.29) is 10.8 Å². The number of nitrogens with two attached hydrogens (primary N) is 1. The smallest absolute Gasteiger partial charge is 0.324 e. The van der Waals surface area contributed by atoms with Gasteiger partial charge in [0.25, 0.3) is 0 Å². The van der Waals surface area contributed by atoms with Gasteiger partial charge in [0.15, 0.2) is 11.0 Å². The minimum absolute atomic E-state index is 0.164. The number of nitrogens with zero attached hydrogens (tertiary/aromatic N) is 3. The Morgan fingerprint density at radius 2 is 2.00 bits per heavy atom. The van der Waals surface area contributed by atoms with Gasteiger partial charge in [0, 0.05) is 34.6 Å². The van der Waals surface area contributed by atoms with E-state index >= 15 is 0 Å². The maximum atomic E-state index is 12.3. The minimum Gasteiger partial charge on any atom is -0.359 e. The molecule has 1 aromatic carbocycles. The van der Waals surface area contributed by atoms with Gasteiger partial charge < -0.3 is 15.6 Å². The molecular formula is C22H24N6O2S. The number of urea groups is 1. The number of hydrogen-bond donors (Lipinski definition) is 3. The maximum Gasteiger partial charge on any atom is 0.324 e. The molecule has 8 nitrogen and oxygen atoms in total. The van der Waals surface area contributed by atoms with E-state index in [0.29, 0.717) is 17.3 Å². The monoisotopic (exact) mass is 436 g/mol. The summed E-state index contributed by atoms with van der Waals surface area (Å²) in [6.45, 7) is 10.1. The number of amides is 2. The van der Waals surface area contributed by atoms with Crippen LogP contribution in [0.4, 0.5) is 16.3 Å². The first-order valence-electron chi connectivity index (χ1n) is 9.74. The number of anilines is 2. The van der Waals surface area contributed by atoms with Gasteiger partial charge in [-0.25, -0.2) is 9.78 Å². The number of hydrogen-bond acceptors (Lipinski definition) is 6. The van der Waals surface area contributed by atoms with E-state index < -0.39 is 6.03 Å². The van der Waals surface area contributed by atoms with Crippen molar-refractivity contribution in [1.29, 1.82) is 0 Å². The van der Waals surface area contributed by atoms with Crippen LogP contribution in [0.5, 0.6) is 0 Å². The second kappa shape index (κ2) is 8.09. The largest absolute Gasteiger partial charge is 0.359 e. The van der Waals surface area contributed by atoms with Crippen LogP contribution in [0.3, 0.4) is 0 Å². The summed E-state index contributed by atoms with van der Waals surface area (Å²) in [5.74, 6) is 1.06. The lowest BCUT2D eigenvalue weighted by atomic mass is 9.93. The molecule has 0 saturated heterocycles. The SMILES string of the molecule is C=C1C=CC(N)Sc2nc(-c3ccc(NC(=O)Nc4cc(C(C)(C)C)on4)cc3)cn21. The molecule has 9 heteroatoms. The van der Waals surface area contributed by atoms with Gasteiger partial charge in [0.05, 0.1) is 11.1 Å². The van der Waals surface area contributed by atoms with E-state index in [0.717, 1.165) is 22.1 Å². The third kappa shape index (κ3) is 4.73. The predicted molar refractivity (Wildman–Crippen MR) is 124 cm³/mol. The number of fused-ring (bicyclic) bond motifs is 1. The van der Waals surface area contributed by atoms with Gasteiger partial charge in [-0.15, -0.1) is 0 Å². The zero-order valence-electron chi connectivity index (χ0n) is 17.5. The molecule has 0 fully saturated rings. The van der Waals surface area contributed by atoms with Crippen LogP contribution in [0, 0.1) is 0 Å². The number of carbonyl (C=O) groups is 1. The maximum absolute atomic E-state index is 12.3. The first kappa shape index (κ1) is 21.0. The first-order valence-corrected chi connectivity index (χ1v) is 10.6. The first-order chi connectivity index (χ1) is 14.7. The number of nitrogens with one attached hydrogen (secondary N) is 2. The Morgan fingerprint density at radius 3 is 2.68 bits per heavy atom. The van der Waals surface area contributed by atoms with E-state index in [4.69, 9.17) is 10.3 Å². The number of rotatable bonds is 3. The Morgan fingerprint density at radius 1 is 1.26 bits per heavy atom. The van der Waals surface area contributed by atoms with E-state index in [2.05, 4.69) is 27.4 Å². The fourth-order valence-electron chi connectivity index (χ4n) is 2.93. The molecule has 1 aliphatic rings. The van der Waals surface area contributed by atoms with Crippen LogP contribution in [-0.2, 0) is 5.41 Å². The number of thioether (sulfide) groups is 1. The molecule has 3 heterocycles. The summed E-state index contributed by atoms with van der Waals surface area (Å²) in [6.07, 6.45) is 5.72. The molecule has 1 unspecified atom stereocenters. The highest BCUT2D eigenvalue weighted by atomic mass is 32.2. The molecule has 0 radical (unpaired) electrons. The lowest BCUT2D eigenvalue weighted by Gasteiger charge is -2.12. The van der Waals surface area contributed by atoms with Crippen molar-refractivity contribution >= 4 is 35.0 Å². The topological polar surface area (TPSA) is 111 Å². The molecule has 2 amide bonds. The Labute approximate surface area is 184 Å². The number of benzene rings is 1. The molecule has 31 heavy (non-hydrogen) atoms. The van der Waals surface area contributed by atoms with E-state index in [1.807, 2.05) is 68.0 Å². The van der Waals surface area contributed by atoms with Gasteiger partial charge >= 0.3 is 6.03 Å². The number of imidazole rings is 1.